The molecule has 5 rings (SSSR count). The largest absolute Gasteiger partial charge is 0.512 e. The fourth-order valence-corrected chi connectivity index (χ4v) is 6.61. The molecule has 1 aliphatic carbocycles. The number of aliphatic hydroxyl groups excluding tert-OH is 1. The average molecular weight is 569 g/mol. The highest BCUT2D eigenvalue weighted by molar-refractivity contribution is 6.31. The van der Waals surface area contributed by atoms with Crippen LogP contribution in [0.5, 0.6) is 5.75 Å². The number of aromatic amines is 1. The summed E-state index contributed by atoms with van der Waals surface area (Å²) in [6.07, 6.45) is 5.13. The van der Waals surface area contributed by atoms with Gasteiger partial charge >= 0.3 is 5.97 Å². The molecule has 1 fully saturated rings. The van der Waals surface area contributed by atoms with E-state index in [1.807, 2.05) is 39.8 Å². The Kier molecular flexibility index (Phi) is 8.14. The fraction of sp³-hybridized carbons (Fsp3) is 0.500. The molecule has 2 N–H and O–H groups in total. The first-order valence-corrected chi connectivity index (χ1v) is 14.7. The summed E-state index contributed by atoms with van der Waals surface area (Å²) in [7, 11) is 0. The van der Waals surface area contributed by atoms with E-state index in [0.717, 1.165) is 42.3 Å². The van der Waals surface area contributed by atoms with Crippen LogP contribution in [-0.4, -0.2) is 32.7 Å². The summed E-state index contributed by atoms with van der Waals surface area (Å²) >= 11 is 6.17. The number of ether oxygens (including phenoxy) is 2. The van der Waals surface area contributed by atoms with Crippen molar-refractivity contribution in [3.05, 3.63) is 70.0 Å². The first-order valence-electron chi connectivity index (χ1n) is 14.3. The maximum atomic E-state index is 14.7. The molecule has 2 aliphatic rings. The lowest BCUT2D eigenvalue weighted by atomic mass is 9.74. The van der Waals surface area contributed by atoms with Crippen LogP contribution in [0.4, 0.5) is 4.39 Å². The van der Waals surface area contributed by atoms with Gasteiger partial charge in [-0.3, -0.25) is 0 Å². The number of aryl methyl sites for hydroxylation is 1. The third kappa shape index (κ3) is 5.71. The minimum absolute atomic E-state index is 0.0331. The van der Waals surface area contributed by atoms with Crippen molar-refractivity contribution in [3.8, 4) is 5.75 Å². The second-order valence-electron chi connectivity index (χ2n) is 11.9. The summed E-state index contributed by atoms with van der Waals surface area (Å²) < 4.78 is 26.6. The molecular formula is C32H38ClFN2O4. The number of nitrogens with zero attached hydrogens (tertiary/aromatic N) is 1. The molecule has 0 saturated heterocycles. The summed E-state index contributed by atoms with van der Waals surface area (Å²) in [4.78, 5) is 21.8. The van der Waals surface area contributed by atoms with Crippen molar-refractivity contribution in [2.75, 3.05) is 0 Å². The first-order chi connectivity index (χ1) is 19.1. The Balaban J connectivity index is 1.45. The van der Waals surface area contributed by atoms with Crippen LogP contribution in [0.3, 0.4) is 0 Å². The topological polar surface area (TPSA) is 84.4 Å². The predicted octanol–water partition coefficient (Wildman–Crippen LogP) is 8.20. The Morgan fingerprint density at radius 3 is 2.58 bits per heavy atom. The van der Waals surface area contributed by atoms with E-state index in [0.29, 0.717) is 23.7 Å². The van der Waals surface area contributed by atoms with Crippen molar-refractivity contribution in [2.45, 2.75) is 90.3 Å². The van der Waals surface area contributed by atoms with Crippen LogP contribution in [0, 0.1) is 17.7 Å². The summed E-state index contributed by atoms with van der Waals surface area (Å²) in [6.45, 7) is 7.72. The summed E-state index contributed by atoms with van der Waals surface area (Å²) in [5, 5.41) is 12.1. The van der Waals surface area contributed by atoms with Gasteiger partial charge < -0.3 is 19.6 Å². The maximum absolute atomic E-state index is 14.7. The molecule has 1 aliphatic heterocycles. The number of cyclic esters (lactones) is 1. The Hall–Kier alpha value is -3.06. The number of imidazole rings is 1. The van der Waals surface area contributed by atoms with E-state index >= 15 is 0 Å². The third-order valence-corrected chi connectivity index (χ3v) is 8.56. The van der Waals surface area contributed by atoms with Crippen molar-refractivity contribution in [3.63, 3.8) is 0 Å². The molecule has 0 bridgehead atoms. The van der Waals surface area contributed by atoms with Crippen LogP contribution in [-0.2, 0) is 16.0 Å². The molecule has 2 unspecified atom stereocenters. The summed E-state index contributed by atoms with van der Waals surface area (Å²) in [5.74, 6) is -0.383. The average Bonchev–Trinajstić information content (AvgIpc) is 3.56. The Labute approximate surface area is 239 Å². The molecule has 40 heavy (non-hydrogen) atoms. The van der Waals surface area contributed by atoms with Crippen molar-refractivity contribution in [2.24, 2.45) is 11.8 Å². The van der Waals surface area contributed by atoms with E-state index in [-0.39, 0.29) is 41.4 Å². The van der Waals surface area contributed by atoms with E-state index in [2.05, 4.69) is 4.98 Å². The number of hydrogen-bond acceptors (Lipinski definition) is 5. The highest BCUT2D eigenvalue weighted by atomic mass is 35.5. The summed E-state index contributed by atoms with van der Waals surface area (Å²) in [5.41, 5.74) is 1.74. The molecule has 3 aromatic rings. The number of benzene rings is 2. The Morgan fingerprint density at radius 2 is 1.93 bits per heavy atom. The minimum Gasteiger partial charge on any atom is -0.512 e. The predicted molar refractivity (Wildman–Crippen MR) is 154 cm³/mol. The number of esters is 1. The van der Waals surface area contributed by atoms with E-state index in [9.17, 15) is 14.3 Å². The molecule has 2 aromatic carbocycles. The van der Waals surface area contributed by atoms with Crippen molar-refractivity contribution < 1.29 is 23.8 Å². The molecule has 1 saturated carbocycles. The molecule has 2 heterocycles. The number of carbonyl (C=O) groups is 1. The number of hydrogen-bond donors (Lipinski definition) is 2. The Bertz CT molecular complexity index is 1430. The summed E-state index contributed by atoms with van der Waals surface area (Å²) in [6, 6.07) is 10.4. The Morgan fingerprint density at radius 1 is 1.18 bits per heavy atom. The van der Waals surface area contributed by atoms with Crippen LogP contribution in [0.2, 0.25) is 5.02 Å². The molecule has 0 amide bonds. The standard InChI is InChI=1S/C32H38ClFN2O4/c1-18(2)28(30-35-24-11-10-22(33)16-25(24)36-30)29-26(37)17-32(40-31(29)38,21-7-5-6-8-21)14-13-20-9-12-27(23(34)15-20)39-19(3)4/h9-12,15-16,18-19,21,28,37H,5-8,13-14,17H2,1-4H3,(H,35,36). The lowest BCUT2D eigenvalue weighted by molar-refractivity contribution is -0.168. The number of aromatic nitrogens is 2. The van der Waals surface area contributed by atoms with Gasteiger partial charge in [-0.15, -0.1) is 0 Å². The van der Waals surface area contributed by atoms with Crippen molar-refractivity contribution >= 4 is 28.6 Å². The first kappa shape index (κ1) is 28.5. The lowest BCUT2D eigenvalue weighted by Gasteiger charge is -2.43. The van der Waals surface area contributed by atoms with Gasteiger partial charge in [0.25, 0.3) is 0 Å². The number of nitrogens with one attached hydrogen (secondary N) is 1. The van der Waals surface area contributed by atoms with Crippen LogP contribution in [0.25, 0.3) is 11.0 Å². The van der Waals surface area contributed by atoms with Gasteiger partial charge in [0, 0.05) is 11.4 Å². The second kappa shape index (κ2) is 11.4. The molecule has 0 spiro atoms. The monoisotopic (exact) mass is 568 g/mol. The van der Waals surface area contributed by atoms with Gasteiger partial charge in [0.05, 0.1) is 28.6 Å². The molecule has 0 radical (unpaired) electrons. The molecular weight excluding hydrogens is 531 g/mol. The van der Waals surface area contributed by atoms with E-state index in [1.165, 1.54) is 6.07 Å². The van der Waals surface area contributed by atoms with Crippen LogP contribution >= 0.6 is 11.6 Å². The molecule has 214 valence electrons. The zero-order chi connectivity index (χ0) is 28.6. The van der Waals surface area contributed by atoms with Crippen LogP contribution in [0.1, 0.15) is 83.5 Å². The number of aliphatic hydroxyl groups is 1. The zero-order valence-electron chi connectivity index (χ0n) is 23.6. The highest BCUT2D eigenvalue weighted by Gasteiger charge is 2.50. The van der Waals surface area contributed by atoms with E-state index in [1.54, 1.807) is 18.2 Å². The number of rotatable bonds is 9. The van der Waals surface area contributed by atoms with Gasteiger partial charge in [0.1, 0.15) is 17.2 Å². The number of fused-ring (bicyclic) bond motifs is 1. The van der Waals surface area contributed by atoms with Gasteiger partial charge in [0.2, 0.25) is 0 Å². The number of H-pyrrole nitrogens is 1. The molecule has 2 atom stereocenters. The third-order valence-electron chi connectivity index (χ3n) is 8.32. The maximum Gasteiger partial charge on any atom is 0.338 e. The van der Waals surface area contributed by atoms with Gasteiger partial charge in [-0.25, -0.2) is 14.2 Å². The smallest absolute Gasteiger partial charge is 0.338 e. The SMILES string of the molecule is CC(C)Oc1ccc(CCC2(C3CCCC3)CC(O)=C(C(c3nc4ccc(Cl)cc4[nH]3)C(C)C)C(=O)O2)cc1F. The van der Waals surface area contributed by atoms with Crippen LogP contribution < -0.4 is 4.74 Å². The zero-order valence-corrected chi connectivity index (χ0v) is 24.4. The second-order valence-corrected chi connectivity index (χ2v) is 12.3. The number of carbonyl (C=O) groups excluding carboxylic acids is 1. The minimum atomic E-state index is -0.840. The van der Waals surface area contributed by atoms with Gasteiger partial charge in [-0.2, -0.15) is 0 Å². The normalized spacial score (nSPS) is 21.1. The fourth-order valence-electron chi connectivity index (χ4n) is 6.44. The van der Waals surface area contributed by atoms with Crippen LogP contribution in [0.15, 0.2) is 47.7 Å². The van der Waals surface area contributed by atoms with Gasteiger partial charge in [-0.05, 0) is 87.3 Å². The quantitative estimate of drug-likeness (QED) is 0.254. The van der Waals surface area contributed by atoms with E-state index in [4.69, 9.17) is 26.1 Å². The number of halogens is 2. The molecule has 1 aromatic heterocycles. The van der Waals surface area contributed by atoms with Crippen molar-refractivity contribution in [1.82, 2.24) is 9.97 Å². The van der Waals surface area contributed by atoms with Gasteiger partial charge in [0.15, 0.2) is 11.6 Å². The molecule has 8 heteroatoms. The van der Waals surface area contributed by atoms with Gasteiger partial charge in [-0.1, -0.05) is 44.4 Å². The highest BCUT2D eigenvalue weighted by Crippen LogP contribution is 2.48. The lowest BCUT2D eigenvalue weighted by Crippen LogP contribution is -2.47. The van der Waals surface area contributed by atoms with Crippen molar-refractivity contribution in [1.29, 1.82) is 0 Å². The molecule has 6 nitrogen and oxygen atoms in total. The van der Waals surface area contributed by atoms with E-state index < -0.39 is 23.3 Å².